The third kappa shape index (κ3) is 4.62. The number of rotatable bonds is 8. The van der Waals surface area contributed by atoms with Gasteiger partial charge in [-0.05, 0) is 36.6 Å². The predicted octanol–water partition coefficient (Wildman–Crippen LogP) is 4.83. The highest BCUT2D eigenvalue weighted by molar-refractivity contribution is 7.99. The number of nitrogens with one attached hydrogen (secondary N) is 3. The van der Waals surface area contributed by atoms with Gasteiger partial charge in [0.1, 0.15) is 5.82 Å². The highest BCUT2D eigenvalue weighted by Gasteiger charge is 2.21. The van der Waals surface area contributed by atoms with Crippen LogP contribution in [0.2, 0.25) is 0 Å². The molecule has 29 heavy (non-hydrogen) atoms. The first-order chi connectivity index (χ1) is 14.1. The van der Waals surface area contributed by atoms with Gasteiger partial charge in [0.05, 0.1) is 28.1 Å². The van der Waals surface area contributed by atoms with E-state index in [4.69, 9.17) is 0 Å². The van der Waals surface area contributed by atoms with E-state index in [-0.39, 0.29) is 17.9 Å². The first-order valence-corrected chi connectivity index (χ1v) is 10.9. The predicted molar refractivity (Wildman–Crippen MR) is 118 cm³/mol. The summed E-state index contributed by atoms with van der Waals surface area (Å²) in [5.74, 6) is 1.94. The van der Waals surface area contributed by atoms with Crippen LogP contribution in [0.5, 0.6) is 0 Å². The number of aromatic amines is 2. The van der Waals surface area contributed by atoms with Gasteiger partial charge in [-0.25, -0.2) is 9.97 Å². The Morgan fingerprint density at radius 3 is 2.31 bits per heavy atom. The summed E-state index contributed by atoms with van der Waals surface area (Å²) in [6.45, 7) is 4.19. The number of hydrogen-bond acceptors (Lipinski definition) is 4. The van der Waals surface area contributed by atoms with Gasteiger partial charge in [-0.3, -0.25) is 4.79 Å². The van der Waals surface area contributed by atoms with Crippen molar-refractivity contribution in [2.45, 2.75) is 37.9 Å². The van der Waals surface area contributed by atoms with Gasteiger partial charge in [-0.2, -0.15) is 0 Å². The minimum absolute atomic E-state index is 0.0503. The van der Waals surface area contributed by atoms with E-state index in [2.05, 4.69) is 39.1 Å². The number of thioether (sulfide) groups is 1. The number of imidazole rings is 2. The molecular weight excluding hydrogens is 382 g/mol. The summed E-state index contributed by atoms with van der Waals surface area (Å²) in [4.78, 5) is 28.4. The van der Waals surface area contributed by atoms with Crippen molar-refractivity contribution >= 4 is 39.7 Å². The molecule has 4 aromatic rings. The Balaban J connectivity index is 1.30. The van der Waals surface area contributed by atoms with E-state index in [1.807, 2.05) is 48.5 Å². The molecule has 0 aliphatic heterocycles. The van der Waals surface area contributed by atoms with Gasteiger partial charge in [-0.1, -0.05) is 49.9 Å². The highest BCUT2D eigenvalue weighted by Crippen LogP contribution is 2.23. The molecule has 0 fully saturated rings. The van der Waals surface area contributed by atoms with E-state index in [1.165, 1.54) is 0 Å². The molecule has 0 unspecified atom stereocenters. The summed E-state index contributed by atoms with van der Waals surface area (Å²) in [7, 11) is 0. The second-order valence-corrected chi connectivity index (χ2v) is 8.52. The van der Waals surface area contributed by atoms with Crippen LogP contribution in [-0.4, -0.2) is 31.6 Å². The molecule has 0 radical (unpaired) electrons. The maximum Gasteiger partial charge on any atom is 0.220 e. The topological polar surface area (TPSA) is 86.5 Å². The van der Waals surface area contributed by atoms with Crippen LogP contribution in [0.15, 0.2) is 53.7 Å². The molecule has 3 N–H and O–H groups in total. The van der Waals surface area contributed by atoms with E-state index < -0.39 is 0 Å². The third-order valence-electron chi connectivity index (χ3n) is 4.84. The lowest BCUT2D eigenvalue weighted by Crippen LogP contribution is -2.32. The summed E-state index contributed by atoms with van der Waals surface area (Å²) in [6.07, 6.45) is 1.27. The van der Waals surface area contributed by atoms with Gasteiger partial charge >= 0.3 is 0 Å². The zero-order valence-corrected chi connectivity index (χ0v) is 17.4. The Bertz CT molecular complexity index is 1050. The maximum atomic E-state index is 12.5. The van der Waals surface area contributed by atoms with Crippen LogP contribution in [0.4, 0.5) is 0 Å². The van der Waals surface area contributed by atoms with E-state index in [9.17, 15) is 4.79 Å². The van der Waals surface area contributed by atoms with E-state index in [0.717, 1.165) is 45.2 Å². The van der Waals surface area contributed by atoms with Crippen LogP contribution in [0.1, 0.15) is 38.6 Å². The standard InChI is InChI=1S/C22H25N5OS/c1-14(2)20(21-23-15-8-3-4-9-16(15)24-21)27-19(28)12-7-13-29-22-25-17-10-5-6-11-18(17)26-22/h3-6,8-11,14,20H,7,12-13H2,1-2H3,(H,23,24)(H,25,26)(H,27,28)/t20-/m1/s1. The normalized spacial score (nSPS) is 12.7. The lowest BCUT2D eigenvalue weighted by Gasteiger charge is -2.20. The molecule has 1 atom stereocenters. The Morgan fingerprint density at radius 2 is 1.66 bits per heavy atom. The summed E-state index contributed by atoms with van der Waals surface area (Å²) in [5.41, 5.74) is 3.92. The molecule has 2 aromatic carbocycles. The number of benzene rings is 2. The summed E-state index contributed by atoms with van der Waals surface area (Å²) in [5, 5.41) is 4.05. The second kappa shape index (κ2) is 8.69. The van der Waals surface area contributed by atoms with Crippen molar-refractivity contribution in [3.63, 3.8) is 0 Å². The number of amides is 1. The quantitative estimate of drug-likeness (QED) is 0.289. The Morgan fingerprint density at radius 1 is 1.00 bits per heavy atom. The fraction of sp³-hybridized carbons (Fsp3) is 0.318. The molecule has 0 aliphatic carbocycles. The van der Waals surface area contributed by atoms with Crippen LogP contribution >= 0.6 is 11.8 Å². The lowest BCUT2D eigenvalue weighted by atomic mass is 10.0. The molecule has 2 heterocycles. The molecule has 0 bridgehead atoms. The average Bonchev–Trinajstić information content (AvgIpc) is 3.32. The van der Waals surface area contributed by atoms with Crippen molar-refractivity contribution in [2.75, 3.05) is 5.75 Å². The minimum Gasteiger partial charge on any atom is -0.346 e. The number of para-hydroxylation sites is 4. The van der Waals surface area contributed by atoms with E-state index in [1.54, 1.807) is 11.8 Å². The van der Waals surface area contributed by atoms with Crippen molar-refractivity contribution in [3.8, 4) is 0 Å². The zero-order chi connectivity index (χ0) is 20.2. The molecule has 0 spiro atoms. The van der Waals surface area contributed by atoms with Crippen LogP contribution in [0, 0.1) is 5.92 Å². The van der Waals surface area contributed by atoms with Crippen molar-refractivity contribution in [3.05, 3.63) is 54.4 Å². The van der Waals surface area contributed by atoms with Crippen LogP contribution in [0.25, 0.3) is 22.1 Å². The number of nitrogens with zero attached hydrogens (tertiary/aromatic N) is 2. The number of H-pyrrole nitrogens is 2. The van der Waals surface area contributed by atoms with Gasteiger partial charge in [0, 0.05) is 12.2 Å². The van der Waals surface area contributed by atoms with Crippen molar-refractivity contribution < 1.29 is 4.79 Å². The van der Waals surface area contributed by atoms with Crippen LogP contribution in [-0.2, 0) is 4.79 Å². The van der Waals surface area contributed by atoms with Gasteiger partial charge in [-0.15, -0.1) is 0 Å². The molecule has 0 saturated carbocycles. The van der Waals surface area contributed by atoms with Crippen molar-refractivity contribution in [2.24, 2.45) is 5.92 Å². The molecular formula is C22H25N5OS. The van der Waals surface area contributed by atoms with Crippen LogP contribution < -0.4 is 5.32 Å². The molecule has 6 nitrogen and oxygen atoms in total. The smallest absolute Gasteiger partial charge is 0.220 e. The van der Waals surface area contributed by atoms with Gasteiger partial charge < -0.3 is 15.3 Å². The third-order valence-corrected chi connectivity index (χ3v) is 5.80. The van der Waals surface area contributed by atoms with E-state index >= 15 is 0 Å². The molecule has 4 rings (SSSR count). The lowest BCUT2D eigenvalue weighted by molar-refractivity contribution is -0.122. The van der Waals surface area contributed by atoms with Crippen LogP contribution in [0.3, 0.4) is 0 Å². The number of carbonyl (C=O) groups is 1. The van der Waals surface area contributed by atoms with Gasteiger partial charge in [0.15, 0.2) is 5.16 Å². The molecule has 7 heteroatoms. The SMILES string of the molecule is CC(C)[C@@H](NC(=O)CCCSc1nc2ccccc2[nH]1)c1nc2ccccc2[nH]1. The van der Waals surface area contributed by atoms with Gasteiger partial charge in [0.25, 0.3) is 0 Å². The fourth-order valence-electron chi connectivity index (χ4n) is 3.32. The molecule has 1 amide bonds. The minimum atomic E-state index is -0.127. The molecule has 2 aromatic heterocycles. The number of hydrogen-bond donors (Lipinski definition) is 3. The Labute approximate surface area is 173 Å². The number of aromatic nitrogens is 4. The summed E-state index contributed by atoms with van der Waals surface area (Å²) >= 11 is 1.65. The van der Waals surface area contributed by atoms with Crippen molar-refractivity contribution in [1.29, 1.82) is 0 Å². The molecule has 150 valence electrons. The summed E-state index contributed by atoms with van der Waals surface area (Å²) < 4.78 is 0. The largest absolute Gasteiger partial charge is 0.346 e. The van der Waals surface area contributed by atoms with E-state index in [0.29, 0.717) is 6.42 Å². The zero-order valence-electron chi connectivity index (χ0n) is 16.6. The Kier molecular flexibility index (Phi) is 5.85. The molecule has 0 saturated heterocycles. The first-order valence-electron chi connectivity index (χ1n) is 9.91. The van der Waals surface area contributed by atoms with Gasteiger partial charge in [0.2, 0.25) is 5.91 Å². The fourth-order valence-corrected chi connectivity index (χ4v) is 4.14. The highest BCUT2D eigenvalue weighted by atomic mass is 32.2. The number of carbonyl (C=O) groups excluding carboxylic acids is 1. The second-order valence-electron chi connectivity index (χ2n) is 7.44. The average molecular weight is 408 g/mol. The van der Waals surface area contributed by atoms with Crippen molar-refractivity contribution in [1.82, 2.24) is 25.3 Å². The Hall–Kier alpha value is -2.80. The molecule has 0 aliphatic rings. The monoisotopic (exact) mass is 407 g/mol. The summed E-state index contributed by atoms with van der Waals surface area (Å²) in [6, 6.07) is 15.8. The maximum absolute atomic E-state index is 12.5. The number of fused-ring (bicyclic) bond motifs is 2. The first kappa shape index (κ1) is 19.5.